The van der Waals surface area contributed by atoms with Gasteiger partial charge < -0.3 is 9.47 Å². The maximum Gasteiger partial charge on any atom is 0.261 e. The Morgan fingerprint density at radius 3 is 2.42 bits per heavy atom. The summed E-state index contributed by atoms with van der Waals surface area (Å²) < 4.78 is 10.5. The van der Waals surface area contributed by atoms with E-state index in [1.807, 2.05) is 38.1 Å². The molecule has 3 aromatic rings. The monoisotopic (exact) mass is 368 g/mol. The second-order valence-corrected chi connectivity index (χ2v) is 7.01. The molecule has 3 rings (SSSR count). The van der Waals surface area contributed by atoms with Crippen molar-refractivity contribution < 1.29 is 14.3 Å². The third kappa shape index (κ3) is 3.70. The van der Waals surface area contributed by atoms with E-state index in [0.717, 1.165) is 16.1 Å². The van der Waals surface area contributed by atoms with E-state index < -0.39 is 0 Å². The number of thiazole rings is 1. The average molecular weight is 368 g/mol. The highest BCUT2D eigenvalue weighted by Crippen LogP contribution is 2.31. The van der Waals surface area contributed by atoms with Crippen LogP contribution in [0.25, 0.3) is 11.3 Å². The third-order valence-corrected chi connectivity index (χ3v) is 4.88. The molecule has 0 saturated carbocycles. The minimum absolute atomic E-state index is 0.287. The number of methoxy groups -OCH3 is 2. The van der Waals surface area contributed by atoms with E-state index in [2.05, 4.69) is 10.3 Å². The summed E-state index contributed by atoms with van der Waals surface area (Å²) in [7, 11) is 3.09. The van der Waals surface area contributed by atoms with Crippen LogP contribution in [-0.2, 0) is 0 Å². The minimum Gasteiger partial charge on any atom is -0.497 e. The maximum atomic E-state index is 12.7. The molecule has 0 atom stereocenters. The van der Waals surface area contributed by atoms with Crippen molar-refractivity contribution in [2.24, 2.45) is 0 Å². The van der Waals surface area contributed by atoms with Crippen molar-refractivity contribution in [2.75, 3.05) is 19.5 Å². The van der Waals surface area contributed by atoms with Gasteiger partial charge in [0.05, 0.1) is 25.5 Å². The minimum atomic E-state index is -0.287. The van der Waals surface area contributed by atoms with Crippen molar-refractivity contribution in [2.45, 2.75) is 13.8 Å². The normalized spacial score (nSPS) is 10.5. The molecule has 0 bridgehead atoms. The van der Waals surface area contributed by atoms with Crippen LogP contribution in [0.2, 0.25) is 0 Å². The Labute approximate surface area is 156 Å². The Kier molecular flexibility index (Phi) is 5.23. The fourth-order valence-corrected chi connectivity index (χ4v) is 3.42. The number of ether oxygens (including phenoxy) is 2. The van der Waals surface area contributed by atoms with E-state index >= 15 is 0 Å². The molecule has 0 aliphatic carbocycles. The summed E-state index contributed by atoms with van der Waals surface area (Å²) >= 11 is 1.44. The van der Waals surface area contributed by atoms with Gasteiger partial charge in [-0.2, -0.15) is 0 Å². The number of anilines is 1. The Morgan fingerprint density at radius 2 is 1.77 bits per heavy atom. The van der Waals surface area contributed by atoms with E-state index in [1.54, 1.807) is 25.3 Å². The summed E-state index contributed by atoms with van der Waals surface area (Å²) in [6, 6.07) is 13.3. The number of rotatable bonds is 5. The van der Waals surface area contributed by atoms with Crippen molar-refractivity contribution >= 4 is 22.4 Å². The molecular formula is C20H20N2O3S. The molecule has 0 aliphatic rings. The quantitative estimate of drug-likeness (QED) is 0.709. The number of aryl methyl sites for hydroxylation is 2. The first-order chi connectivity index (χ1) is 12.5. The first-order valence-electron chi connectivity index (χ1n) is 8.09. The van der Waals surface area contributed by atoms with Crippen molar-refractivity contribution in [1.29, 1.82) is 0 Å². The molecule has 1 N–H and O–H groups in total. The van der Waals surface area contributed by atoms with Crippen LogP contribution in [-0.4, -0.2) is 25.1 Å². The van der Waals surface area contributed by atoms with Crippen LogP contribution >= 0.6 is 11.3 Å². The van der Waals surface area contributed by atoms with Gasteiger partial charge in [0.2, 0.25) is 0 Å². The molecule has 5 nitrogen and oxygen atoms in total. The Morgan fingerprint density at radius 1 is 1.04 bits per heavy atom. The van der Waals surface area contributed by atoms with Gasteiger partial charge in [0.25, 0.3) is 5.91 Å². The van der Waals surface area contributed by atoms with Gasteiger partial charge in [-0.15, -0.1) is 11.3 Å². The molecule has 0 aliphatic heterocycles. The van der Waals surface area contributed by atoms with E-state index in [4.69, 9.17) is 9.47 Å². The van der Waals surface area contributed by atoms with Crippen LogP contribution in [0.4, 0.5) is 5.13 Å². The summed E-state index contributed by atoms with van der Waals surface area (Å²) in [5, 5.41) is 3.41. The Balaban J connectivity index is 1.87. The van der Waals surface area contributed by atoms with Crippen LogP contribution in [0.15, 0.2) is 42.5 Å². The number of carbonyl (C=O) groups is 1. The molecule has 1 aromatic heterocycles. The first-order valence-corrected chi connectivity index (χ1v) is 8.91. The van der Waals surface area contributed by atoms with Gasteiger partial charge in [0.15, 0.2) is 5.13 Å². The first kappa shape index (κ1) is 17.9. The van der Waals surface area contributed by atoms with Gasteiger partial charge in [0.1, 0.15) is 11.5 Å². The zero-order valence-electron chi connectivity index (χ0n) is 15.1. The fourth-order valence-electron chi connectivity index (χ4n) is 2.59. The summed E-state index contributed by atoms with van der Waals surface area (Å²) in [5.41, 5.74) is 3.50. The molecule has 26 heavy (non-hydrogen) atoms. The van der Waals surface area contributed by atoms with Crippen LogP contribution in [0.1, 0.15) is 20.8 Å². The standard InChI is InChI=1S/C20H20N2O3S/c1-12-5-7-14(8-6-12)18-13(2)26-20(21-18)22-19(23)16-11-15(24-3)9-10-17(16)25-4/h5-11H,1-4H3,(H,21,22,23). The lowest BCUT2D eigenvalue weighted by Gasteiger charge is -2.09. The molecule has 0 spiro atoms. The molecule has 134 valence electrons. The molecule has 0 radical (unpaired) electrons. The van der Waals surface area contributed by atoms with Gasteiger partial charge >= 0.3 is 0 Å². The van der Waals surface area contributed by atoms with Crippen molar-refractivity contribution in [3.05, 3.63) is 58.5 Å². The molecule has 6 heteroatoms. The number of hydrogen-bond donors (Lipinski definition) is 1. The summed E-state index contributed by atoms with van der Waals surface area (Å²) in [6.07, 6.45) is 0. The number of amides is 1. The number of hydrogen-bond acceptors (Lipinski definition) is 5. The van der Waals surface area contributed by atoms with Crippen LogP contribution in [0.5, 0.6) is 11.5 Å². The number of carbonyl (C=O) groups excluding carboxylic acids is 1. The molecular weight excluding hydrogens is 348 g/mol. The van der Waals surface area contributed by atoms with Crippen molar-refractivity contribution in [3.63, 3.8) is 0 Å². The lowest BCUT2D eigenvalue weighted by Crippen LogP contribution is -2.13. The van der Waals surface area contributed by atoms with E-state index in [1.165, 1.54) is 24.0 Å². The molecule has 0 unspecified atom stereocenters. The lowest BCUT2D eigenvalue weighted by atomic mass is 10.1. The second kappa shape index (κ2) is 7.58. The van der Waals surface area contributed by atoms with Crippen LogP contribution in [0, 0.1) is 13.8 Å². The zero-order valence-corrected chi connectivity index (χ0v) is 15.9. The SMILES string of the molecule is COc1ccc(OC)c(C(=O)Nc2nc(-c3ccc(C)cc3)c(C)s2)c1. The average Bonchev–Trinajstić information content (AvgIpc) is 3.01. The topological polar surface area (TPSA) is 60.5 Å². The van der Waals surface area contributed by atoms with Crippen LogP contribution < -0.4 is 14.8 Å². The highest BCUT2D eigenvalue weighted by molar-refractivity contribution is 7.16. The molecule has 1 heterocycles. The van der Waals surface area contributed by atoms with Gasteiger partial charge in [-0.05, 0) is 32.0 Å². The summed E-state index contributed by atoms with van der Waals surface area (Å²) in [5.74, 6) is 0.784. The third-order valence-electron chi connectivity index (χ3n) is 3.99. The highest BCUT2D eigenvalue weighted by atomic mass is 32.1. The van der Waals surface area contributed by atoms with Gasteiger partial charge in [-0.25, -0.2) is 4.98 Å². The largest absolute Gasteiger partial charge is 0.497 e. The molecule has 1 amide bonds. The predicted molar refractivity (Wildman–Crippen MR) is 105 cm³/mol. The number of benzene rings is 2. The smallest absolute Gasteiger partial charge is 0.261 e. The predicted octanol–water partition coefficient (Wildman–Crippen LogP) is 4.70. The summed E-state index contributed by atoms with van der Waals surface area (Å²) in [4.78, 5) is 18.3. The van der Waals surface area contributed by atoms with E-state index in [9.17, 15) is 4.79 Å². The van der Waals surface area contributed by atoms with Gasteiger partial charge in [0, 0.05) is 10.4 Å². The second-order valence-electron chi connectivity index (χ2n) is 5.81. The number of nitrogens with zero attached hydrogens (tertiary/aromatic N) is 1. The van der Waals surface area contributed by atoms with E-state index in [0.29, 0.717) is 22.2 Å². The van der Waals surface area contributed by atoms with Crippen LogP contribution in [0.3, 0.4) is 0 Å². The van der Waals surface area contributed by atoms with E-state index in [-0.39, 0.29) is 5.91 Å². The maximum absolute atomic E-state index is 12.7. The molecule has 2 aromatic carbocycles. The van der Waals surface area contributed by atoms with Gasteiger partial charge in [-0.3, -0.25) is 10.1 Å². The van der Waals surface area contributed by atoms with Crippen molar-refractivity contribution in [1.82, 2.24) is 4.98 Å². The van der Waals surface area contributed by atoms with Gasteiger partial charge in [-0.1, -0.05) is 29.8 Å². The number of nitrogens with one attached hydrogen (secondary N) is 1. The summed E-state index contributed by atoms with van der Waals surface area (Å²) in [6.45, 7) is 4.04. The molecule has 0 saturated heterocycles. The fraction of sp³-hybridized carbons (Fsp3) is 0.200. The van der Waals surface area contributed by atoms with Crippen molar-refractivity contribution in [3.8, 4) is 22.8 Å². The zero-order chi connectivity index (χ0) is 18.7. The number of aromatic nitrogens is 1. The molecule has 0 fully saturated rings. The Hall–Kier alpha value is -2.86. The highest BCUT2D eigenvalue weighted by Gasteiger charge is 2.17. The lowest BCUT2D eigenvalue weighted by molar-refractivity contribution is 0.102. The Bertz CT molecular complexity index is 933.